The van der Waals surface area contributed by atoms with Gasteiger partial charge in [0, 0.05) is 23.5 Å². The molecule has 0 atom stereocenters. The standard InChI is InChI=1S/C13H18N2O3S2/c1-3-14-7-12-13(10(2)9-19-12)20(16,17)15-6-11-4-5-18-8-11/h4-5,8-9,14-15H,3,6-7H2,1-2H3. The fraction of sp³-hybridized carbons (Fsp3) is 0.385. The van der Waals surface area contributed by atoms with Crippen LogP contribution in [0.1, 0.15) is 22.9 Å². The number of aryl methyl sites for hydroxylation is 1. The Bertz CT molecular complexity index is 645. The van der Waals surface area contributed by atoms with Gasteiger partial charge in [0.25, 0.3) is 0 Å². The van der Waals surface area contributed by atoms with Crippen LogP contribution in [0.2, 0.25) is 0 Å². The Kier molecular flexibility index (Phi) is 4.98. The number of rotatable bonds is 7. The molecule has 2 aromatic rings. The summed E-state index contributed by atoms with van der Waals surface area (Å²) in [5.41, 5.74) is 1.58. The van der Waals surface area contributed by atoms with Crippen molar-refractivity contribution in [3.63, 3.8) is 0 Å². The van der Waals surface area contributed by atoms with Gasteiger partial charge in [0.15, 0.2) is 0 Å². The fourth-order valence-electron chi connectivity index (χ4n) is 1.85. The van der Waals surface area contributed by atoms with Crippen LogP contribution in [0.15, 0.2) is 33.3 Å². The Hall–Kier alpha value is -1.15. The molecule has 5 nitrogen and oxygen atoms in total. The first kappa shape index (κ1) is 15.2. The minimum absolute atomic E-state index is 0.231. The van der Waals surface area contributed by atoms with Gasteiger partial charge in [-0.15, -0.1) is 11.3 Å². The Labute approximate surface area is 123 Å². The molecule has 7 heteroatoms. The van der Waals surface area contributed by atoms with Crippen LogP contribution in [0.4, 0.5) is 0 Å². The normalized spacial score (nSPS) is 11.9. The summed E-state index contributed by atoms with van der Waals surface area (Å²) >= 11 is 1.47. The first-order valence-corrected chi connectivity index (χ1v) is 8.69. The van der Waals surface area contributed by atoms with Gasteiger partial charge in [0.1, 0.15) is 4.90 Å². The molecule has 2 aromatic heterocycles. The molecule has 0 aliphatic rings. The Morgan fingerprint density at radius 3 is 2.80 bits per heavy atom. The van der Waals surface area contributed by atoms with Crippen LogP contribution in [-0.4, -0.2) is 15.0 Å². The molecule has 0 bridgehead atoms. The van der Waals surface area contributed by atoms with E-state index in [4.69, 9.17) is 4.42 Å². The van der Waals surface area contributed by atoms with Crippen molar-refractivity contribution >= 4 is 21.4 Å². The lowest BCUT2D eigenvalue weighted by Gasteiger charge is -2.08. The Morgan fingerprint density at radius 1 is 1.35 bits per heavy atom. The van der Waals surface area contributed by atoms with Crippen molar-refractivity contribution in [2.75, 3.05) is 6.54 Å². The highest BCUT2D eigenvalue weighted by molar-refractivity contribution is 7.89. The summed E-state index contributed by atoms with van der Waals surface area (Å²) in [5.74, 6) is 0. The zero-order chi connectivity index (χ0) is 14.6. The maximum Gasteiger partial charge on any atom is 0.242 e. The molecule has 20 heavy (non-hydrogen) atoms. The number of hydrogen-bond acceptors (Lipinski definition) is 5. The smallest absolute Gasteiger partial charge is 0.242 e. The van der Waals surface area contributed by atoms with E-state index in [1.54, 1.807) is 6.07 Å². The van der Waals surface area contributed by atoms with Crippen LogP contribution < -0.4 is 10.0 Å². The van der Waals surface area contributed by atoms with Crippen molar-refractivity contribution in [2.45, 2.75) is 31.8 Å². The monoisotopic (exact) mass is 314 g/mol. The Balaban J connectivity index is 2.18. The third-order valence-electron chi connectivity index (χ3n) is 2.84. The SMILES string of the molecule is CCNCc1scc(C)c1S(=O)(=O)NCc1ccoc1. The van der Waals surface area contributed by atoms with Crippen molar-refractivity contribution < 1.29 is 12.8 Å². The average Bonchev–Trinajstić information content (AvgIpc) is 3.03. The first-order chi connectivity index (χ1) is 9.54. The van der Waals surface area contributed by atoms with E-state index in [2.05, 4.69) is 10.0 Å². The maximum absolute atomic E-state index is 12.4. The van der Waals surface area contributed by atoms with Gasteiger partial charge in [-0.25, -0.2) is 13.1 Å². The molecule has 0 aromatic carbocycles. The molecular formula is C13H18N2O3S2. The molecular weight excluding hydrogens is 296 g/mol. The number of sulfonamides is 1. The molecule has 0 unspecified atom stereocenters. The van der Waals surface area contributed by atoms with Gasteiger partial charge in [0.05, 0.1) is 12.5 Å². The predicted octanol–water partition coefficient (Wildman–Crippen LogP) is 2.24. The number of hydrogen-bond donors (Lipinski definition) is 2. The van der Waals surface area contributed by atoms with Crippen molar-refractivity contribution in [1.82, 2.24) is 10.0 Å². The van der Waals surface area contributed by atoms with Crippen LogP contribution in [0, 0.1) is 6.92 Å². The zero-order valence-corrected chi connectivity index (χ0v) is 13.1. The predicted molar refractivity (Wildman–Crippen MR) is 79.2 cm³/mol. The topological polar surface area (TPSA) is 71.3 Å². The highest BCUT2D eigenvalue weighted by Crippen LogP contribution is 2.26. The van der Waals surface area contributed by atoms with Gasteiger partial charge < -0.3 is 9.73 Å². The highest BCUT2D eigenvalue weighted by Gasteiger charge is 2.22. The van der Waals surface area contributed by atoms with Gasteiger partial charge >= 0.3 is 0 Å². The van der Waals surface area contributed by atoms with E-state index in [-0.39, 0.29) is 6.54 Å². The number of nitrogens with one attached hydrogen (secondary N) is 2. The van der Waals surface area contributed by atoms with Gasteiger partial charge in [0.2, 0.25) is 10.0 Å². The lowest BCUT2D eigenvalue weighted by Crippen LogP contribution is -2.25. The third kappa shape index (κ3) is 3.49. The van der Waals surface area contributed by atoms with Crippen LogP contribution in [0.25, 0.3) is 0 Å². The summed E-state index contributed by atoms with van der Waals surface area (Å²) in [7, 11) is -3.51. The number of furan rings is 1. The first-order valence-electron chi connectivity index (χ1n) is 6.33. The van der Waals surface area contributed by atoms with Crippen LogP contribution in [0.3, 0.4) is 0 Å². The molecule has 0 saturated carbocycles. The second-order valence-electron chi connectivity index (χ2n) is 4.41. The van der Waals surface area contributed by atoms with Crippen LogP contribution in [-0.2, 0) is 23.1 Å². The fourth-order valence-corrected chi connectivity index (χ4v) is 4.65. The molecule has 0 amide bonds. The maximum atomic E-state index is 12.4. The minimum Gasteiger partial charge on any atom is -0.472 e. The molecule has 110 valence electrons. The van der Waals surface area contributed by atoms with Gasteiger partial charge in [-0.1, -0.05) is 6.92 Å². The van der Waals surface area contributed by atoms with Crippen molar-refractivity contribution in [3.05, 3.63) is 40.0 Å². The lowest BCUT2D eigenvalue weighted by molar-refractivity contribution is 0.561. The van der Waals surface area contributed by atoms with Crippen molar-refractivity contribution in [1.29, 1.82) is 0 Å². The van der Waals surface area contributed by atoms with E-state index < -0.39 is 10.0 Å². The van der Waals surface area contributed by atoms with Crippen LogP contribution >= 0.6 is 11.3 Å². The third-order valence-corrected chi connectivity index (χ3v) is 5.70. The van der Waals surface area contributed by atoms with Gasteiger partial charge in [-0.3, -0.25) is 0 Å². The molecule has 0 aliphatic carbocycles. The van der Waals surface area contributed by atoms with E-state index in [9.17, 15) is 8.42 Å². The molecule has 0 saturated heterocycles. The molecule has 0 spiro atoms. The molecule has 2 rings (SSSR count). The lowest BCUT2D eigenvalue weighted by atomic mass is 10.3. The second-order valence-corrected chi connectivity index (χ2v) is 7.08. The second kappa shape index (κ2) is 6.53. The molecule has 2 N–H and O–H groups in total. The molecule has 2 heterocycles. The summed E-state index contributed by atoms with van der Waals surface area (Å²) in [4.78, 5) is 1.23. The highest BCUT2D eigenvalue weighted by atomic mass is 32.2. The molecule has 0 radical (unpaired) electrons. The molecule has 0 fully saturated rings. The summed E-state index contributed by atoms with van der Waals surface area (Å²) in [5, 5.41) is 5.04. The molecule has 0 aliphatic heterocycles. The summed E-state index contributed by atoms with van der Waals surface area (Å²) in [6.45, 7) is 5.41. The van der Waals surface area contributed by atoms with E-state index in [0.717, 1.165) is 22.5 Å². The van der Waals surface area contributed by atoms with Crippen LogP contribution in [0.5, 0.6) is 0 Å². The van der Waals surface area contributed by atoms with Gasteiger partial charge in [-0.2, -0.15) is 0 Å². The van der Waals surface area contributed by atoms with E-state index in [1.807, 2.05) is 19.2 Å². The summed E-state index contributed by atoms with van der Waals surface area (Å²) in [6, 6.07) is 1.74. The number of thiophene rings is 1. The largest absolute Gasteiger partial charge is 0.472 e. The summed E-state index contributed by atoms with van der Waals surface area (Å²) in [6.07, 6.45) is 3.05. The van der Waals surface area contributed by atoms with Gasteiger partial charge in [-0.05, 0) is 30.5 Å². The van der Waals surface area contributed by atoms with Crippen molar-refractivity contribution in [2.24, 2.45) is 0 Å². The van der Waals surface area contributed by atoms with E-state index in [0.29, 0.717) is 11.4 Å². The van der Waals surface area contributed by atoms with E-state index >= 15 is 0 Å². The summed E-state index contributed by atoms with van der Waals surface area (Å²) < 4.78 is 32.4. The Morgan fingerprint density at radius 2 is 2.15 bits per heavy atom. The zero-order valence-electron chi connectivity index (χ0n) is 11.5. The van der Waals surface area contributed by atoms with Crippen molar-refractivity contribution in [3.8, 4) is 0 Å². The quantitative estimate of drug-likeness (QED) is 0.822. The minimum atomic E-state index is -3.51. The van der Waals surface area contributed by atoms with E-state index in [1.165, 1.54) is 23.9 Å². The average molecular weight is 314 g/mol.